The van der Waals surface area contributed by atoms with Crippen molar-refractivity contribution in [3.8, 4) is 5.75 Å². The van der Waals surface area contributed by atoms with Crippen molar-refractivity contribution in [3.05, 3.63) is 58.7 Å². The molecule has 0 radical (unpaired) electrons. The van der Waals surface area contributed by atoms with Crippen LogP contribution < -0.4 is 10.1 Å². The van der Waals surface area contributed by atoms with Gasteiger partial charge in [0.15, 0.2) is 0 Å². The number of amides is 1. The smallest absolute Gasteiger partial charge is 0.221 e. The maximum atomic E-state index is 11.1. The third-order valence-corrected chi connectivity index (χ3v) is 6.69. The largest absolute Gasteiger partial charge is 0.487 e. The number of benzene rings is 2. The van der Waals surface area contributed by atoms with Crippen LogP contribution in [0, 0.1) is 13.8 Å². The number of β-amino-alcohol motifs (C(OH)–C–C–N with tert-alkyl or cyclic N) is 1. The third kappa shape index (κ3) is 4.76. The van der Waals surface area contributed by atoms with Crippen molar-refractivity contribution in [1.82, 2.24) is 4.90 Å². The molecule has 2 aliphatic rings. The van der Waals surface area contributed by atoms with Crippen molar-refractivity contribution in [2.24, 2.45) is 0 Å². The number of aliphatic hydroxyl groups is 2. The molecule has 0 aliphatic carbocycles. The fourth-order valence-electron chi connectivity index (χ4n) is 4.69. The number of anilines is 1. The molecule has 0 bridgehead atoms. The predicted molar refractivity (Wildman–Crippen MR) is 120 cm³/mol. The highest BCUT2D eigenvalue weighted by Crippen LogP contribution is 2.45. The normalized spacial score (nSPS) is 21.3. The van der Waals surface area contributed by atoms with Crippen LogP contribution in [0.5, 0.6) is 5.75 Å². The van der Waals surface area contributed by atoms with Crippen LogP contribution in [-0.2, 0) is 4.79 Å². The molecule has 2 aromatic rings. The number of hydrogen-bond acceptors (Lipinski definition) is 5. The third-order valence-electron chi connectivity index (χ3n) is 6.69. The van der Waals surface area contributed by atoms with E-state index in [-0.39, 0.29) is 11.5 Å². The van der Waals surface area contributed by atoms with Crippen LogP contribution in [0.25, 0.3) is 0 Å². The summed E-state index contributed by atoms with van der Waals surface area (Å²) in [6, 6.07) is 11.4. The van der Waals surface area contributed by atoms with Gasteiger partial charge in [0.2, 0.25) is 5.91 Å². The van der Waals surface area contributed by atoms with Gasteiger partial charge in [0, 0.05) is 44.2 Å². The summed E-state index contributed by atoms with van der Waals surface area (Å²) in [4.78, 5) is 13.4. The summed E-state index contributed by atoms with van der Waals surface area (Å²) in [5, 5.41) is 24.2. The van der Waals surface area contributed by atoms with Gasteiger partial charge in [-0.1, -0.05) is 12.1 Å². The Kier molecular flexibility index (Phi) is 6.06. The van der Waals surface area contributed by atoms with E-state index in [9.17, 15) is 15.0 Å². The highest BCUT2D eigenvalue weighted by molar-refractivity contribution is 5.88. The SMILES string of the molecule is CC(=O)Nc1ccc([C@@H](O)CN2CCC3(CC2)C[C@H](O)c2cc(C)c(C)cc2O3)cc1. The number of carbonyl (C=O) groups is 1. The van der Waals surface area contributed by atoms with Crippen molar-refractivity contribution in [3.63, 3.8) is 0 Å². The second kappa shape index (κ2) is 8.61. The Morgan fingerprint density at radius 3 is 2.48 bits per heavy atom. The van der Waals surface area contributed by atoms with Gasteiger partial charge in [-0.15, -0.1) is 0 Å². The molecule has 2 aromatic carbocycles. The van der Waals surface area contributed by atoms with E-state index in [0.717, 1.165) is 48.5 Å². The number of fused-ring (bicyclic) bond motifs is 1. The van der Waals surface area contributed by atoms with Crippen molar-refractivity contribution in [1.29, 1.82) is 0 Å². The van der Waals surface area contributed by atoms with Crippen LogP contribution in [0.1, 0.15) is 60.6 Å². The Balaban J connectivity index is 1.36. The number of rotatable bonds is 4. The summed E-state index contributed by atoms with van der Waals surface area (Å²) in [5.74, 6) is 0.702. The minimum absolute atomic E-state index is 0.112. The highest BCUT2D eigenvalue weighted by atomic mass is 16.5. The number of aryl methyl sites for hydroxylation is 2. The molecule has 1 saturated heterocycles. The van der Waals surface area contributed by atoms with E-state index in [4.69, 9.17) is 4.74 Å². The lowest BCUT2D eigenvalue weighted by Gasteiger charge is -2.46. The van der Waals surface area contributed by atoms with Crippen LogP contribution in [-0.4, -0.2) is 46.3 Å². The molecule has 1 spiro atoms. The molecule has 4 rings (SSSR count). The number of aliphatic hydroxyl groups excluding tert-OH is 2. The lowest BCUT2D eigenvalue weighted by Crippen LogP contribution is -2.51. The average molecular weight is 425 g/mol. The average Bonchev–Trinajstić information content (AvgIpc) is 2.72. The Bertz CT molecular complexity index is 949. The number of hydrogen-bond donors (Lipinski definition) is 3. The van der Waals surface area contributed by atoms with Gasteiger partial charge < -0.3 is 25.2 Å². The Hall–Kier alpha value is -2.41. The summed E-state index contributed by atoms with van der Waals surface area (Å²) in [7, 11) is 0. The van der Waals surface area contributed by atoms with Gasteiger partial charge >= 0.3 is 0 Å². The van der Waals surface area contributed by atoms with Crippen LogP contribution >= 0.6 is 0 Å². The summed E-state index contributed by atoms with van der Waals surface area (Å²) >= 11 is 0. The van der Waals surface area contributed by atoms with Gasteiger partial charge in [-0.3, -0.25) is 4.79 Å². The van der Waals surface area contributed by atoms with E-state index in [2.05, 4.69) is 30.1 Å². The maximum Gasteiger partial charge on any atom is 0.221 e. The number of piperidine rings is 1. The summed E-state index contributed by atoms with van der Waals surface area (Å²) < 4.78 is 6.47. The molecule has 0 saturated carbocycles. The van der Waals surface area contributed by atoms with Crippen LogP contribution in [0.2, 0.25) is 0 Å². The van der Waals surface area contributed by atoms with Gasteiger partial charge in [0.25, 0.3) is 0 Å². The monoisotopic (exact) mass is 424 g/mol. The van der Waals surface area contributed by atoms with Crippen molar-refractivity contribution >= 4 is 11.6 Å². The summed E-state index contributed by atoms with van der Waals surface area (Å²) in [5.41, 5.74) is 4.46. The zero-order valence-corrected chi connectivity index (χ0v) is 18.5. The molecule has 6 nitrogen and oxygen atoms in total. The number of nitrogens with one attached hydrogen (secondary N) is 1. The molecule has 0 aromatic heterocycles. The molecule has 31 heavy (non-hydrogen) atoms. The fraction of sp³-hybridized carbons (Fsp3) is 0.480. The number of likely N-dealkylation sites (tertiary alicyclic amines) is 1. The minimum Gasteiger partial charge on any atom is -0.487 e. The van der Waals surface area contributed by atoms with Gasteiger partial charge in [-0.05, 0) is 67.6 Å². The van der Waals surface area contributed by atoms with Crippen molar-refractivity contribution < 1.29 is 19.7 Å². The Morgan fingerprint density at radius 2 is 1.84 bits per heavy atom. The molecule has 2 aliphatic heterocycles. The summed E-state index contributed by atoms with van der Waals surface area (Å²) in [6.07, 6.45) is 1.17. The topological polar surface area (TPSA) is 82.0 Å². The Labute approximate surface area is 183 Å². The first-order chi connectivity index (χ1) is 14.7. The number of nitrogens with zero attached hydrogens (tertiary/aromatic N) is 1. The zero-order chi connectivity index (χ0) is 22.2. The molecule has 0 unspecified atom stereocenters. The Morgan fingerprint density at radius 1 is 1.19 bits per heavy atom. The molecule has 3 N–H and O–H groups in total. The molecule has 2 heterocycles. The van der Waals surface area contributed by atoms with Gasteiger partial charge in [0.1, 0.15) is 11.4 Å². The van der Waals surface area contributed by atoms with E-state index in [0.29, 0.717) is 13.0 Å². The van der Waals surface area contributed by atoms with E-state index in [1.807, 2.05) is 30.3 Å². The lowest BCUT2D eigenvalue weighted by molar-refractivity contribution is -0.114. The lowest BCUT2D eigenvalue weighted by atomic mass is 9.81. The maximum absolute atomic E-state index is 11.1. The molecular weight excluding hydrogens is 392 g/mol. The van der Waals surface area contributed by atoms with E-state index < -0.39 is 12.2 Å². The van der Waals surface area contributed by atoms with Gasteiger partial charge in [0.05, 0.1) is 12.2 Å². The molecular formula is C25H32N2O4. The summed E-state index contributed by atoms with van der Waals surface area (Å²) in [6.45, 7) is 7.78. The quantitative estimate of drug-likeness (QED) is 0.698. The highest BCUT2D eigenvalue weighted by Gasteiger charge is 2.43. The molecule has 1 amide bonds. The van der Waals surface area contributed by atoms with E-state index in [1.165, 1.54) is 18.1 Å². The first kappa shape index (κ1) is 21.8. The zero-order valence-electron chi connectivity index (χ0n) is 18.5. The standard InChI is InChI=1S/C25H32N2O4/c1-16-12-21-22(29)14-25(31-24(21)13-17(16)2)8-10-27(11-9-25)15-23(30)19-4-6-20(7-5-19)26-18(3)28/h4-7,12-13,22-23,29-30H,8-11,14-15H2,1-3H3,(H,26,28)/t22-,23-/m0/s1. The first-order valence-electron chi connectivity index (χ1n) is 11.0. The molecule has 6 heteroatoms. The predicted octanol–water partition coefficient (Wildman–Crippen LogP) is 3.65. The molecule has 166 valence electrons. The fourth-order valence-corrected chi connectivity index (χ4v) is 4.69. The van der Waals surface area contributed by atoms with Crippen LogP contribution in [0.3, 0.4) is 0 Å². The molecule has 2 atom stereocenters. The second-order valence-corrected chi connectivity index (χ2v) is 9.10. The van der Waals surface area contributed by atoms with E-state index in [1.54, 1.807) is 0 Å². The van der Waals surface area contributed by atoms with Gasteiger partial charge in [-0.25, -0.2) is 0 Å². The number of carbonyl (C=O) groups excluding carboxylic acids is 1. The second-order valence-electron chi connectivity index (χ2n) is 9.10. The minimum atomic E-state index is -0.593. The van der Waals surface area contributed by atoms with Gasteiger partial charge in [-0.2, -0.15) is 0 Å². The van der Waals surface area contributed by atoms with Crippen molar-refractivity contribution in [2.45, 2.75) is 57.8 Å². The van der Waals surface area contributed by atoms with Crippen LogP contribution in [0.15, 0.2) is 36.4 Å². The van der Waals surface area contributed by atoms with E-state index >= 15 is 0 Å². The van der Waals surface area contributed by atoms with Crippen molar-refractivity contribution in [2.75, 3.05) is 25.0 Å². The first-order valence-corrected chi connectivity index (χ1v) is 11.0. The molecule has 1 fully saturated rings. The van der Waals surface area contributed by atoms with Crippen LogP contribution in [0.4, 0.5) is 5.69 Å². The number of ether oxygens (including phenoxy) is 1.